The quantitative estimate of drug-likeness (QED) is 0.288. The van der Waals surface area contributed by atoms with Crippen LogP contribution in [-0.4, -0.2) is 17.2 Å². The first-order valence-corrected chi connectivity index (χ1v) is 8.00. The zero-order chi connectivity index (χ0) is 20.5. The van der Waals surface area contributed by atoms with E-state index in [9.17, 15) is 14.9 Å². The van der Waals surface area contributed by atoms with Crippen LogP contribution in [0, 0.1) is 17.0 Å². The van der Waals surface area contributed by atoms with Gasteiger partial charge in [0.15, 0.2) is 0 Å². The van der Waals surface area contributed by atoms with Crippen LogP contribution in [0.25, 0.3) is 10.8 Å². The number of aryl methyl sites for hydroxylation is 1. The lowest BCUT2D eigenvalue weighted by molar-refractivity contribution is -0.384. The van der Waals surface area contributed by atoms with Crippen molar-refractivity contribution in [1.82, 2.24) is 0 Å². The van der Waals surface area contributed by atoms with Crippen molar-refractivity contribution in [3.63, 3.8) is 0 Å². The Hall–Kier alpha value is -4.03. The van der Waals surface area contributed by atoms with Gasteiger partial charge in [-0.3, -0.25) is 10.1 Å². The summed E-state index contributed by atoms with van der Waals surface area (Å²) in [6, 6.07) is 17.1. The molecule has 0 radical (unpaired) electrons. The average molecular weight is 381 g/mol. The van der Waals surface area contributed by atoms with Gasteiger partial charge < -0.3 is 9.47 Å². The Kier molecular flexibility index (Phi) is 6.96. The van der Waals surface area contributed by atoms with Gasteiger partial charge in [0.05, 0.1) is 4.92 Å². The summed E-state index contributed by atoms with van der Waals surface area (Å²) in [5.41, 5.74) is 1.95. The fourth-order valence-corrected chi connectivity index (χ4v) is 2.41. The van der Waals surface area contributed by atoms with Crippen molar-refractivity contribution in [1.29, 1.82) is 0 Å². The molecule has 3 aromatic rings. The van der Waals surface area contributed by atoms with Crippen LogP contribution in [0.15, 0.2) is 60.7 Å². The maximum absolute atomic E-state index is 11.7. The lowest BCUT2D eigenvalue weighted by Crippen LogP contribution is -2.10. The lowest BCUT2D eigenvalue weighted by atomic mass is 10.1. The molecule has 3 rings (SSSR count). The zero-order valence-electron chi connectivity index (χ0n) is 14.8. The fraction of sp³-hybridized carbons (Fsp3) is 0.100. The van der Waals surface area contributed by atoms with Gasteiger partial charge in [0.25, 0.3) is 5.69 Å². The van der Waals surface area contributed by atoms with Crippen LogP contribution in [0.1, 0.15) is 11.1 Å². The molecule has 0 aliphatic carbocycles. The molecular weight excluding hydrogens is 366 g/mol. The molecule has 3 aromatic carbocycles. The molecule has 0 aromatic heterocycles. The van der Waals surface area contributed by atoms with Gasteiger partial charge in [0.1, 0.15) is 12.4 Å². The van der Waals surface area contributed by atoms with Crippen molar-refractivity contribution in [3.8, 4) is 5.75 Å². The Morgan fingerprint density at radius 2 is 1.61 bits per heavy atom. The van der Waals surface area contributed by atoms with Gasteiger partial charge in [-0.2, -0.15) is 9.59 Å². The Balaban J connectivity index is 0.000000878. The summed E-state index contributed by atoms with van der Waals surface area (Å²) < 4.78 is 10.1. The molecule has 28 heavy (non-hydrogen) atoms. The molecule has 0 saturated heterocycles. The molecule has 0 N–H and O–H groups in total. The van der Waals surface area contributed by atoms with Crippen LogP contribution in [0.4, 0.5) is 10.5 Å². The number of rotatable bonds is 4. The van der Waals surface area contributed by atoms with Crippen LogP contribution in [0.5, 0.6) is 5.75 Å². The minimum atomic E-state index is -0.863. The monoisotopic (exact) mass is 381 g/mol. The molecule has 0 bridgehead atoms. The highest BCUT2D eigenvalue weighted by Crippen LogP contribution is 2.20. The molecule has 0 fully saturated rings. The van der Waals surface area contributed by atoms with E-state index in [0.717, 1.165) is 16.3 Å². The first-order chi connectivity index (χ1) is 13.4. The van der Waals surface area contributed by atoms with E-state index < -0.39 is 11.1 Å². The van der Waals surface area contributed by atoms with E-state index in [0.29, 0.717) is 0 Å². The topological polar surface area (TPSA) is 113 Å². The number of hydrogen-bond donors (Lipinski definition) is 0. The summed E-state index contributed by atoms with van der Waals surface area (Å²) in [7, 11) is 0. The normalized spacial score (nSPS) is 9.61. The highest BCUT2D eigenvalue weighted by Gasteiger charge is 2.09. The summed E-state index contributed by atoms with van der Waals surface area (Å²) in [6.45, 7) is 2.11. The zero-order valence-corrected chi connectivity index (χ0v) is 14.8. The van der Waals surface area contributed by atoms with Crippen molar-refractivity contribution in [2.24, 2.45) is 0 Å². The summed E-state index contributed by atoms with van der Waals surface area (Å²) >= 11 is 0. The van der Waals surface area contributed by atoms with Crippen LogP contribution in [-0.2, 0) is 20.9 Å². The highest BCUT2D eigenvalue weighted by atomic mass is 16.7. The smallest absolute Gasteiger partial charge is 0.429 e. The van der Waals surface area contributed by atoms with Crippen molar-refractivity contribution in [2.75, 3.05) is 0 Å². The van der Waals surface area contributed by atoms with E-state index in [1.165, 1.54) is 29.8 Å². The largest absolute Gasteiger partial charge is 0.514 e. The Bertz CT molecular complexity index is 1020. The van der Waals surface area contributed by atoms with Gasteiger partial charge in [-0.05, 0) is 41.5 Å². The van der Waals surface area contributed by atoms with Gasteiger partial charge in [-0.25, -0.2) is 4.79 Å². The molecule has 0 aliphatic heterocycles. The maximum Gasteiger partial charge on any atom is 0.514 e. The molecule has 0 spiro atoms. The summed E-state index contributed by atoms with van der Waals surface area (Å²) in [5.74, 6) is 0.185. The first kappa shape index (κ1) is 20.3. The number of hydrogen-bond acceptors (Lipinski definition) is 7. The third-order valence-corrected chi connectivity index (χ3v) is 3.67. The van der Waals surface area contributed by atoms with Crippen molar-refractivity contribution in [3.05, 3.63) is 81.9 Å². The Labute approximate surface area is 159 Å². The van der Waals surface area contributed by atoms with Crippen LogP contribution in [0.2, 0.25) is 0 Å². The van der Waals surface area contributed by atoms with Crippen LogP contribution < -0.4 is 4.74 Å². The number of fused-ring (bicyclic) bond motifs is 1. The minimum absolute atomic E-state index is 0.0767. The second kappa shape index (κ2) is 9.61. The lowest BCUT2D eigenvalue weighted by Gasteiger charge is -2.07. The van der Waals surface area contributed by atoms with Crippen LogP contribution in [0.3, 0.4) is 0 Å². The second-order valence-corrected chi connectivity index (χ2v) is 5.66. The van der Waals surface area contributed by atoms with Gasteiger partial charge in [-0.1, -0.05) is 35.9 Å². The van der Waals surface area contributed by atoms with E-state index in [1.807, 2.05) is 37.3 Å². The van der Waals surface area contributed by atoms with Gasteiger partial charge in [0, 0.05) is 12.1 Å². The fourth-order valence-electron chi connectivity index (χ4n) is 2.41. The predicted molar refractivity (Wildman–Crippen MR) is 97.6 cm³/mol. The number of nitro benzene ring substituents is 1. The van der Waals surface area contributed by atoms with Crippen molar-refractivity contribution < 1.29 is 28.8 Å². The molecule has 8 nitrogen and oxygen atoms in total. The number of ether oxygens (including phenoxy) is 2. The van der Waals surface area contributed by atoms with E-state index in [4.69, 9.17) is 19.1 Å². The van der Waals surface area contributed by atoms with Crippen LogP contribution >= 0.6 is 0 Å². The summed E-state index contributed by atoms with van der Waals surface area (Å²) in [4.78, 5) is 38.0. The minimum Gasteiger partial charge on any atom is -0.429 e. The average Bonchev–Trinajstić information content (AvgIpc) is 2.67. The molecule has 0 heterocycles. The molecular formula is C20H15NO7. The third kappa shape index (κ3) is 5.76. The predicted octanol–water partition coefficient (Wildman–Crippen LogP) is 4.19. The number of nitro groups is 1. The van der Waals surface area contributed by atoms with E-state index in [1.54, 1.807) is 0 Å². The highest BCUT2D eigenvalue weighted by molar-refractivity contribution is 5.83. The van der Waals surface area contributed by atoms with E-state index in [2.05, 4.69) is 6.07 Å². The Morgan fingerprint density at radius 1 is 1.00 bits per heavy atom. The third-order valence-electron chi connectivity index (χ3n) is 3.67. The molecule has 0 atom stereocenters. The molecule has 8 heteroatoms. The van der Waals surface area contributed by atoms with Crippen molar-refractivity contribution in [2.45, 2.75) is 13.5 Å². The standard InChI is InChI=1S/C19H15NO5.CO2/c1-13-2-4-16-11-14(3-5-15(16)10-13)12-24-19(21)25-18-8-6-17(7-9-18)20(22)23;2-1-3/h2-11H,12H2,1H3;. The SMILES string of the molecule is Cc1ccc2cc(COC(=O)Oc3ccc([N+](=O)[O-])cc3)ccc2c1.O=C=O. The summed E-state index contributed by atoms with van der Waals surface area (Å²) in [5, 5.41) is 12.8. The second-order valence-electron chi connectivity index (χ2n) is 5.66. The molecule has 0 saturated carbocycles. The number of benzene rings is 3. The summed E-state index contributed by atoms with van der Waals surface area (Å²) in [6.07, 6.45) is -0.613. The first-order valence-electron chi connectivity index (χ1n) is 8.00. The molecule has 142 valence electrons. The maximum atomic E-state index is 11.7. The Morgan fingerprint density at radius 3 is 2.25 bits per heavy atom. The van der Waals surface area contributed by atoms with Gasteiger partial charge in [0.2, 0.25) is 0 Å². The molecule has 0 unspecified atom stereocenters. The van der Waals surface area contributed by atoms with Gasteiger partial charge >= 0.3 is 12.3 Å². The molecule has 0 aliphatic rings. The molecule has 0 amide bonds. The van der Waals surface area contributed by atoms with Crippen molar-refractivity contribution >= 4 is 28.8 Å². The van der Waals surface area contributed by atoms with Gasteiger partial charge in [-0.15, -0.1) is 0 Å². The van der Waals surface area contributed by atoms with E-state index >= 15 is 0 Å². The van der Waals surface area contributed by atoms with E-state index in [-0.39, 0.29) is 24.2 Å². The number of carbonyl (C=O) groups excluding carboxylic acids is 3. The number of carbonyl (C=O) groups is 1. The number of nitrogens with zero attached hydrogens (tertiary/aromatic N) is 1. The number of non-ortho nitro benzene ring substituents is 1.